The van der Waals surface area contributed by atoms with E-state index in [1.807, 2.05) is 42.5 Å². The van der Waals surface area contributed by atoms with Gasteiger partial charge >= 0.3 is 0 Å². The summed E-state index contributed by atoms with van der Waals surface area (Å²) >= 11 is 0. The number of nitrogen functional groups attached to an aromatic ring is 1. The van der Waals surface area contributed by atoms with E-state index < -0.39 is 0 Å². The molecule has 0 spiro atoms. The van der Waals surface area contributed by atoms with Gasteiger partial charge in [-0.1, -0.05) is 116 Å². The van der Waals surface area contributed by atoms with E-state index in [9.17, 15) is 0 Å². The number of hydrogen-bond acceptors (Lipinski definition) is 3. The topological polar surface area (TPSA) is 50.9 Å². The van der Waals surface area contributed by atoms with Gasteiger partial charge in [0.1, 0.15) is 5.82 Å². The molecule has 3 nitrogen and oxygen atoms in total. The normalized spacial score (nSPS) is 12.9. The number of nitrogens with one attached hydrogen (secondary N) is 1. The highest BCUT2D eigenvalue weighted by atomic mass is 15.0. The van der Waals surface area contributed by atoms with Gasteiger partial charge in [-0.2, -0.15) is 0 Å². The predicted molar refractivity (Wildman–Crippen MR) is 194 cm³/mol. The Bertz CT molecular complexity index is 2260. The van der Waals surface area contributed by atoms with Crippen molar-refractivity contribution in [1.29, 1.82) is 0 Å². The van der Waals surface area contributed by atoms with Crippen LogP contribution in [0, 0.1) is 6.92 Å². The van der Waals surface area contributed by atoms with Crippen LogP contribution in [0.4, 0.5) is 17.2 Å². The lowest BCUT2D eigenvalue weighted by Crippen LogP contribution is -2.15. The van der Waals surface area contributed by atoms with Crippen molar-refractivity contribution >= 4 is 28.0 Å². The van der Waals surface area contributed by atoms with Crippen molar-refractivity contribution in [3.8, 4) is 44.5 Å². The third-order valence-electron chi connectivity index (χ3n) is 9.58. The molecule has 46 heavy (non-hydrogen) atoms. The second-order valence-corrected chi connectivity index (χ2v) is 12.8. The number of anilines is 3. The predicted octanol–water partition coefficient (Wildman–Crippen LogP) is 11.2. The molecule has 0 atom stereocenters. The van der Waals surface area contributed by atoms with Gasteiger partial charge in [0, 0.05) is 17.3 Å². The Hall–Kier alpha value is -5.67. The summed E-state index contributed by atoms with van der Waals surface area (Å²) in [5, 5.41) is 5.99. The molecule has 2 aliphatic rings. The molecule has 6 aromatic carbocycles. The fourth-order valence-corrected chi connectivity index (χ4v) is 7.21. The largest absolute Gasteiger partial charge is 0.382 e. The Kier molecular flexibility index (Phi) is 6.51. The molecule has 0 saturated carbocycles. The van der Waals surface area contributed by atoms with Crippen LogP contribution in [0.25, 0.3) is 55.3 Å². The van der Waals surface area contributed by atoms with Crippen LogP contribution in [0.3, 0.4) is 0 Å². The molecular formula is C43H35N3. The number of benzene rings is 6. The average molecular weight is 594 g/mol. The van der Waals surface area contributed by atoms with Crippen molar-refractivity contribution in [3.05, 3.63) is 156 Å². The van der Waals surface area contributed by atoms with Crippen molar-refractivity contribution in [1.82, 2.24) is 4.98 Å². The summed E-state index contributed by atoms with van der Waals surface area (Å²) in [5.41, 5.74) is 22.6. The monoisotopic (exact) mass is 593 g/mol. The highest BCUT2D eigenvalue weighted by Crippen LogP contribution is 2.57. The summed E-state index contributed by atoms with van der Waals surface area (Å²) in [6.07, 6.45) is 1.67. The minimum atomic E-state index is -0.0381. The van der Waals surface area contributed by atoms with Crippen LogP contribution in [-0.2, 0) is 5.41 Å². The Balaban J connectivity index is 0.000000187. The van der Waals surface area contributed by atoms with E-state index in [-0.39, 0.29) is 5.41 Å². The molecule has 7 aromatic rings. The van der Waals surface area contributed by atoms with Gasteiger partial charge in [-0.05, 0) is 110 Å². The summed E-state index contributed by atoms with van der Waals surface area (Å²) in [4.78, 5) is 3.99. The van der Waals surface area contributed by atoms with E-state index in [2.05, 4.69) is 122 Å². The van der Waals surface area contributed by atoms with E-state index in [1.165, 1.54) is 72.0 Å². The van der Waals surface area contributed by atoms with Crippen LogP contribution in [0.1, 0.15) is 30.5 Å². The first kappa shape index (κ1) is 27.8. The third-order valence-corrected chi connectivity index (χ3v) is 9.58. The van der Waals surface area contributed by atoms with Crippen LogP contribution in [0.2, 0.25) is 0 Å². The lowest BCUT2D eigenvalue weighted by molar-refractivity contribution is 0.661. The van der Waals surface area contributed by atoms with Crippen molar-refractivity contribution in [2.45, 2.75) is 26.2 Å². The minimum Gasteiger partial charge on any atom is -0.382 e. The van der Waals surface area contributed by atoms with E-state index >= 15 is 0 Å². The van der Waals surface area contributed by atoms with Crippen molar-refractivity contribution in [2.75, 3.05) is 11.1 Å². The lowest BCUT2D eigenvalue weighted by Gasteiger charge is -2.23. The van der Waals surface area contributed by atoms with Gasteiger partial charge in [-0.15, -0.1) is 0 Å². The molecule has 3 N–H and O–H groups in total. The SMILES string of the molecule is Cc1ccc(-c2ccc3c(c2)C(C)(C)c2cc4c5c(cccc5c2-3)-c2ccccc2-4)cc1.Nc1ncccc1Nc1ccccc1. The summed E-state index contributed by atoms with van der Waals surface area (Å²) in [6, 6.07) is 47.8. The van der Waals surface area contributed by atoms with Crippen LogP contribution in [0.15, 0.2) is 140 Å². The molecule has 1 aromatic heterocycles. The smallest absolute Gasteiger partial charge is 0.147 e. The molecule has 0 unspecified atom stereocenters. The molecule has 0 saturated heterocycles. The van der Waals surface area contributed by atoms with Crippen LogP contribution in [0.5, 0.6) is 0 Å². The van der Waals surface area contributed by atoms with Gasteiger partial charge < -0.3 is 11.1 Å². The molecule has 2 aliphatic carbocycles. The number of aromatic nitrogens is 1. The zero-order valence-corrected chi connectivity index (χ0v) is 26.3. The van der Waals surface area contributed by atoms with Crippen LogP contribution >= 0.6 is 0 Å². The number of hydrogen-bond donors (Lipinski definition) is 2. The maximum absolute atomic E-state index is 5.69. The standard InChI is InChI=1S/C32H24.C11H11N3/c1-19-11-13-20(14-12-19)21-15-16-25-28(17-21)32(2,3)29-18-27-23-8-5-4-7-22(23)24-9-6-10-26(30(24)27)31(25)29;12-11-10(7-4-8-13-11)14-9-5-2-1-3-6-9/h4-18H,1-3H3;1-8,14H,(H2,12,13). The molecule has 0 aliphatic heterocycles. The molecule has 0 bridgehead atoms. The van der Waals surface area contributed by atoms with Crippen molar-refractivity contribution in [3.63, 3.8) is 0 Å². The van der Waals surface area contributed by atoms with Crippen LogP contribution in [-0.4, -0.2) is 4.98 Å². The Morgan fingerprint density at radius 2 is 1.28 bits per heavy atom. The third kappa shape index (κ3) is 4.47. The first-order valence-corrected chi connectivity index (χ1v) is 15.8. The lowest BCUT2D eigenvalue weighted by atomic mass is 9.80. The molecule has 3 heteroatoms. The number of nitrogens with two attached hydrogens (primary N) is 1. The molecule has 0 amide bonds. The van der Waals surface area contributed by atoms with E-state index in [0.29, 0.717) is 5.82 Å². The second kappa shape index (κ2) is 10.7. The van der Waals surface area contributed by atoms with Gasteiger partial charge in [-0.25, -0.2) is 4.98 Å². The molecule has 9 rings (SSSR count). The maximum atomic E-state index is 5.69. The Labute approximate surface area is 270 Å². The molecule has 1 heterocycles. The second-order valence-electron chi connectivity index (χ2n) is 12.8. The van der Waals surface area contributed by atoms with E-state index in [4.69, 9.17) is 5.73 Å². The van der Waals surface area contributed by atoms with Crippen molar-refractivity contribution in [2.24, 2.45) is 0 Å². The quantitative estimate of drug-likeness (QED) is 0.214. The zero-order chi connectivity index (χ0) is 31.4. The Morgan fingerprint density at radius 1 is 0.587 bits per heavy atom. The van der Waals surface area contributed by atoms with Crippen LogP contribution < -0.4 is 11.1 Å². The number of fused-ring (bicyclic) bond motifs is 7. The molecular weight excluding hydrogens is 558 g/mol. The highest BCUT2D eigenvalue weighted by Gasteiger charge is 2.38. The number of rotatable bonds is 3. The first-order valence-electron chi connectivity index (χ1n) is 15.8. The summed E-state index contributed by atoms with van der Waals surface area (Å²) < 4.78 is 0. The van der Waals surface area contributed by atoms with Gasteiger partial charge in [-0.3, -0.25) is 0 Å². The summed E-state index contributed by atoms with van der Waals surface area (Å²) in [5.74, 6) is 0.511. The first-order chi connectivity index (χ1) is 22.4. The van der Waals surface area contributed by atoms with Gasteiger partial charge in [0.2, 0.25) is 0 Å². The van der Waals surface area contributed by atoms with E-state index in [0.717, 1.165) is 11.4 Å². The fraction of sp³-hybridized carbons (Fsp3) is 0.0930. The van der Waals surface area contributed by atoms with Gasteiger partial charge in [0.25, 0.3) is 0 Å². The summed E-state index contributed by atoms with van der Waals surface area (Å²) in [7, 11) is 0. The zero-order valence-electron chi connectivity index (χ0n) is 26.3. The molecule has 0 fully saturated rings. The van der Waals surface area contributed by atoms with Crippen molar-refractivity contribution < 1.29 is 0 Å². The molecule has 0 radical (unpaired) electrons. The number of para-hydroxylation sites is 1. The van der Waals surface area contributed by atoms with Gasteiger partial charge in [0.05, 0.1) is 5.69 Å². The number of pyridine rings is 1. The van der Waals surface area contributed by atoms with E-state index in [1.54, 1.807) is 6.20 Å². The number of aryl methyl sites for hydroxylation is 1. The minimum absolute atomic E-state index is 0.0381. The van der Waals surface area contributed by atoms with Gasteiger partial charge in [0.15, 0.2) is 0 Å². The average Bonchev–Trinajstić information content (AvgIpc) is 3.53. The number of nitrogens with zero attached hydrogens (tertiary/aromatic N) is 1. The fourth-order valence-electron chi connectivity index (χ4n) is 7.21. The molecule has 222 valence electrons. The highest BCUT2D eigenvalue weighted by molar-refractivity contribution is 6.20. The Morgan fingerprint density at radius 3 is 2.04 bits per heavy atom. The summed E-state index contributed by atoms with van der Waals surface area (Å²) in [6.45, 7) is 6.92. The maximum Gasteiger partial charge on any atom is 0.147 e.